The average molecular weight is 418 g/mol. The van der Waals surface area contributed by atoms with E-state index in [1.165, 1.54) is 12.1 Å². The lowest BCUT2D eigenvalue weighted by atomic mass is 10.1. The summed E-state index contributed by atoms with van der Waals surface area (Å²) in [5, 5.41) is 0. The molecule has 1 aliphatic rings. The van der Waals surface area contributed by atoms with Crippen LogP contribution < -0.4 is 9.64 Å². The van der Waals surface area contributed by atoms with E-state index in [2.05, 4.69) is 4.98 Å². The fourth-order valence-electron chi connectivity index (χ4n) is 3.37. The van der Waals surface area contributed by atoms with Gasteiger partial charge in [0, 0.05) is 30.4 Å². The number of carbonyl (C=O) groups excluding carboxylic acids is 1. The Morgan fingerprint density at radius 3 is 2.68 bits per heavy atom. The molecule has 1 aliphatic heterocycles. The second kappa shape index (κ2) is 10.00. The van der Waals surface area contributed by atoms with Gasteiger partial charge in [-0.05, 0) is 48.6 Å². The molecule has 6 heteroatoms. The molecule has 1 saturated heterocycles. The number of para-hydroxylation sites is 1. The molecule has 31 heavy (non-hydrogen) atoms. The predicted molar refractivity (Wildman–Crippen MR) is 118 cm³/mol. The summed E-state index contributed by atoms with van der Waals surface area (Å²) >= 11 is 0. The fourth-order valence-corrected chi connectivity index (χ4v) is 3.37. The van der Waals surface area contributed by atoms with Crippen molar-refractivity contribution in [2.75, 3.05) is 31.2 Å². The molecule has 0 atom stereocenters. The molecule has 0 spiro atoms. The third kappa shape index (κ3) is 5.35. The number of morpholine rings is 1. The van der Waals surface area contributed by atoms with Crippen molar-refractivity contribution in [1.29, 1.82) is 0 Å². The van der Waals surface area contributed by atoms with E-state index in [0.29, 0.717) is 49.9 Å². The number of hydrogen-bond acceptors (Lipinski definition) is 5. The number of ketones is 1. The molecule has 5 nitrogen and oxygen atoms in total. The Morgan fingerprint density at radius 1 is 1.10 bits per heavy atom. The molecule has 4 rings (SSSR count). The Hall–Kier alpha value is -3.51. The van der Waals surface area contributed by atoms with Gasteiger partial charge in [0.1, 0.15) is 18.2 Å². The molecule has 2 aromatic carbocycles. The van der Waals surface area contributed by atoms with E-state index in [4.69, 9.17) is 9.47 Å². The number of allylic oxidation sites excluding steroid dienone is 1. The van der Waals surface area contributed by atoms with Crippen molar-refractivity contribution in [2.45, 2.75) is 6.61 Å². The minimum absolute atomic E-state index is 0.271. The average Bonchev–Trinajstić information content (AvgIpc) is 2.83. The number of carbonyl (C=O) groups is 1. The van der Waals surface area contributed by atoms with Crippen LogP contribution in [0.1, 0.15) is 21.6 Å². The third-order valence-electron chi connectivity index (χ3n) is 5.02. The SMILES string of the molecule is O=C(C=Cc1ccccc1OCc1ccccn1)c1ccc(N2CCOCC2)c(F)c1. The summed E-state index contributed by atoms with van der Waals surface area (Å²) in [4.78, 5) is 18.8. The van der Waals surface area contributed by atoms with Crippen molar-refractivity contribution in [3.63, 3.8) is 0 Å². The molecule has 2 heterocycles. The van der Waals surface area contributed by atoms with Crippen LogP contribution in [0, 0.1) is 5.82 Å². The van der Waals surface area contributed by atoms with Crippen LogP contribution in [0.5, 0.6) is 5.75 Å². The summed E-state index contributed by atoms with van der Waals surface area (Å²) in [7, 11) is 0. The van der Waals surface area contributed by atoms with Gasteiger partial charge in [-0.2, -0.15) is 0 Å². The fraction of sp³-hybridized carbons (Fsp3) is 0.200. The van der Waals surface area contributed by atoms with E-state index in [-0.39, 0.29) is 5.78 Å². The molecule has 0 amide bonds. The molecule has 3 aromatic rings. The second-order valence-corrected chi connectivity index (χ2v) is 7.11. The standard InChI is InChI=1S/C25H23FN2O3/c26-22-17-20(8-10-23(22)28-13-15-30-16-14-28)24(29)11-9-19-5-1-2-7-25(19)31-18-21-6-3-4-12-27-21/h1-12,17H,13-16,18H2. The Balaban J connectivity index is 1.45. The quantitative estimate of drug-likeness (QED) is 0.417. The van der Waals surface area contributed by atoms with Gasteiger partial charge in [-0.3, -0.25) is 9.78 Å². The third-order valence-corrected chi connectivity index (χ3v) is 5.02. The summed E-state index contributed by atoms with van der Waals surface area (Å²) < 4.78 is 25.8. The van der Waals surface area contributed by atoms with Crippen LogP contribution >= 0.6 is 0 Å². The number of pyridine rings is 1. The molecule has 0 radical (unpaired) electrons. The minimum atomic E-state index is -0.403. The summed E-state index contributed by atoms with van der Waals surface area (Å²) in [5.74, 6) is -0.0294. The van der Waals surface area contributed by atoms with Gasteiger partial charge in [0.25, 0.3) is 0 Å². The molecule has 0 N–H and O–H groups in total. The highest BCUT2D eigenvalue weighted by Gasteiger charge is 2.16. The smallest absolute Gasteiger partial charge is 0.185 e. The van der Waals surface area contributed by atoms with Gasteiger partial charge in [0.15, 0.2) is 5.78 Å². The maximum absolute atomic E-state index is 14.6. The van der Waals surface area contributed by atoms with E-state index in [1.54, 1.807) is 24.4 Å². The van der Waals surface area contributed by atoms with Crippen LogP contribution in [0.3, 0.4) is 0 Å². The number of nitrogens with zero attached hydrogens (tertiary/aromatic N) is 2. The van der Waals surface area contributed by atoms with Gasteiger partial charge in [0.05, 0.1) is 24.6 Å². The molecule has 0 unspecified atom stereocenters. The first kappa shape index (κ1) is 20.8. The lowest BCUT2D eigenvalue weighted by molar-refractivity contribution is 0.104. The maximum atomic E-state index is 14.6. The van der Waals surface area contributed by atoms with Crippen LogP contribution in [0.15, 0.2) is 72.9 Å². The molecule has 0 aliphatic carbocycles. The number of hydrogen-bond donors (Lipinski definition) is 0. The van der Waals surface area contributed by atoms with Crippen LogP contribution in [0.4, 0.5) is 10.1 Å². The zero-order valence-electron chi connectivity index (χ0n) is 17.0. The zero-order valence-corrected chi connectivity index (χ0v) is 17.0. The Bertz CT molecular complexity index is 1060. The molecule has 1 fully saturated rings. The van der Waals surface area contributed by atoms with Gasteiger partial charge >= 0.3 is 0 Å². The van der Waals surface area contributed by atoms with Crippen LogP contribution in [-0.2, 0) is 11.3 Å². The van der Waals surface area contributed by atoms with Crippen molar-refractivity contribution in [2.24, 2.45) is 0 Å². The van der Waals surface area contributed by atoms with Crippen molar-refractivity contribution < 1.29 is 18.7 Å². The largest absolute Gasteiger partial charge is 0.487 e. The van der Waals surface area contributed by atoms with E-state index < -0.39 is 5.82 Å². The van der Waals surface area contributed by atoms with Crippen molar-refractivity contribution >= 4 is 17.5 Å². The Kier molecular flexibility index (Phi) is 6.69. The Labute approximate surface area is 180 Å². The van der Waals surface area contributed by atoms with Gasteiger partial charge in [0.2, 0.25) is 0 Å². The summed E-state index contributed by atoms with van der Waals surface area (Å²) in [5.41, 5.74) is 2.38. The van der Waals surface area contributed by atoms with E-state index in [0.717, 1.165) is 11.3 Å². The number of aromatic nitrogens is 1. The highest BCUT2D eigenvalue weighted by Crippen LogP contribution is 2.23. The Morgan fingerprint density at radius 2 is 1.90 bits per heavy atom. The van der Waals surface area contributed by atoms with Crippen LogP contribution in [0.2, 0.25) is 0 Å². The highest BCUT2D eigenvalue weighted by molar-refractivity contribution is 6.07. The number of rotatable bonds is 7. The van der Waals surface area contributed by atoms with E-state index >= 15 is 0 Å². The van der Waals surface area contributed by atoms with E-state index in [1.807, 2.05) is 47.4 Å². The van der Waals surface area contributed by atoms with Gasteiger partial charge in [-0.1, -0.05) is 24.3 Å². The molecular formula is C25H23FN2O3. The lowest BCUT2D eigenvalue weighted by Crippen LogP contribution is -2.36. The summed E-state index contributed by atoms with van der Waals surface area (Å²) in [6.07, 6.45) is 4.84. The first-order valence-corrected chi connectivity index (χ1v) is 10.2. The summed E-state index contributed by atoms with van der Waals surface area (Å²) in [6, 6.07) is 17.7. The highest BCUT2D eigenvalue weighted by atomic mass is 19.1. The second-order valence-electron chi connectivity index (χ2n) is 7.11. The van der Waals surface area contributed by atoms with E-state index in [9.17, 15) is 9.18 Å². The zero-order chi connectivity index (χ0) is 21.5. The normalized spacial score (nSPS) is 14.0. The van der Waals surface area contributed by atoms with Crippen LogP contribution in [-0.4, -0.2) is 37.1 Å². The maximum Gasteiger partial charge on any atom is 0.185 e. The minimum Gasteiger partial charge on any atom is -0.487 e. The van der Waals surface area contributed by atoms with Gasteiger partial charge in [-0.25, -0.2) is 4.39 Å². The molecule has 1 aromatic heterocycles. The van der Waals surface area contributed by atoms with Gasteiger partial charge in [-0.15, -0.1) is 0 Å². The topological polar surface area (TPSA) is 51.7 Å². The van der Waals surface area contributed by atoms with Crippen LogP contribution in [0.25, 0.3) is 6.08 Å². The lowest BCUT2D eigenvalue weighted by Gasteiger charge is -2.29. The molecule has 0 saturated carbocycles. The predicted octanol–water partition coefficient (Wildman–Crippen LogP) is 4.53. The first-order chi connectivity index (χ1) is 15.2. The number of ether oxygens (including phenoxy) is 2. The van der Waals surface area contributed by atoms with Gasteiger partial charge < -0.3 is 14.4 Å². The molecule has 158 valence electrons. The number of benzene rings is 2. The molecular weight excluding hydrogens is 395 g/mol. The van der Waals surface area contributed by atoms with Crippen molar-refractivity contribution in [3.05, 3.63) is 95.6 Å². The summed E-state index contributed by atoms with van der Waals surface area (Å²) in [6.45, 7) is 2.75. The monoisotopic (exact) mass is 418 g/mol. The first-order valence-electron chi connectivity index (χ1n) is 10.2. The number of anilines is 1. The van der Waals surface area contributed by atoms with Crippen molar-refractivity contribution in [1.82, 2.24) is 4.98 Å². The van der Waals surface area contributed by atoms with Crippen molar-refractivity contribution in [3.8, 4) is 5.75 Å². The number of halogens is 1. The molecule has 0 bridgehead atoms.